The first-order valence-electron chi connectivity index (χ1n) is 7.70. The maximum Gasteiger partial charge on any atom is 0.353 e. The summed E-state index contributed by atoms with van der Waals surface area (Å²) in [6.45, 7) is 2.02. The van der Waals surface area contributed by atoms with Crippen molar-refractivity contribution in [2.75, 3.05) is 10.6 Å². The zero-order valence-corrected chi connectivity index (χ0v) is 13.5. The number of para-hydroxylation sites is 1. The molecule has 0 saturated heterocycles. The molecule has 25 heavy (non-hydrogen) atoms. The molecular formula is C17H16N6O2. The third-order valence-electron chi connectivity index (χ3n) is 3.58. The summed E-state index contributed by atoms with van der Waals surface area (Å²) in [5.41, 5.74) is 2.19. The highest BCUT2D eigenvalue weighted by atomic mass is 16.6. The fourth-order valence-electron chi connectivity index (χ4n) is 2.39. The van der Waals surface area contributed by atoms with Gasteiger partial charge in [-0.2, -0.15) is 0 Å². The predicted octanol–water partition coefficient (Wildman–Crippen LogP) is 3.83. The van der Waals surface area contributed by atoms with Gasteiger partial charge in [0.1, 0.15) is 6.33 Å². The SMILES string of the molecule is CCc1ccccc1Nc1ncnc(Nc2cccnc2)c1[N+](=O)[O-]. The maximum absolute atomic E-state index is 11.6. The van der Waals surface area contributed by atoms with Crippen LogP contribution in [0.25, 0.3) is 0 Å². The van der Waals surface area contributed by atoms with Gasteiger partial charge in [0.15, 0.2) is 0 Å². The van der Waals surface area contributed by atoms with Gasteiger partial charge in [-0.3, -0.25) is 15.1 Å². The van der Waals surface area contributed by atoms with E-state index >= 15 is 0 Å². The molecule has 0 aliphatic heterocycles. The summed E-state index contributed by atoms with van der Waals surface area (Å²) in [5, 5.41) is 17.6. The first-order chi connectivity index (χ1) is 12.2. The first kappa shape index (κ1) is 16.3. The summed E-state index contributed by atoms with van der Waals surface area (Å²) < 4.78 is 0. The van der Waals surface area contributed by atoms with Crippen molar-refractivity contribution >= 4 is 28.7 Å². The molecule has 2 heterocycles. The van der Waals surface area contributed by atoms with Crippen molar-refractivity contribution < 1.29 is 4.92 Å². The van der Waals surface area contributed by atoms with Crippen molar-refractivity contribution in [3.05, 3.63) is 70.8 Å². The standard InChI is InChI=1S/C17H16N6O2/c1-2-12-6-3-4-8-14(12)22-17-15(23(24)25)16(19-11-20-17)21-13-7-5-9-18-10-13/h3-11H,2H2,1H3,(H2,19,20,21,22). The van der Waals surface area contributed by atoms with Gasteiger partial charge in [0.05, 0.1) is 16.8 Å². The Kier molecular flexibility index (Phi) is 4.79. The van der Waals surface area contributed by atoms with Crippen molar-refractivity contribution in [3.8, 4) is 0 Å². The highest BCUT2D eigenvalue weighted by Crippen LogP contribution is 2.33. The lowest BCUT2D eigenvalue weighted by atomic mass is 10.1. The predicted molar refractivity (Wildman–Crippen MR) is 95.3 cm³/mol. The summed E-state index contributed by atoms with van der Waals surface area (Å²) in [4.78, 5) is 23.1. The number of benzene rings is 1. The molecule has 0 spiro atoms. The van der Waals surface area contributed by atoms with Crippen LogP contribution in [0.5, 0.6) is 0 Å². The molecule has 0 bridgehead atoms. The summed E-state index contributed by atoms with van der Waals surface area (Å²) in [7, 11) is 0. The quantitative estimate of drug-likeness (QED) is 0.520. The number of aryl methyl sites for hydroxylation is 1. The van der Waals surface area contributed by atoms with Crippen LogP contribution in [0.15, 0.2) is 55.1 Å². The minimum atomic E-state index is -0.504. The number of nitrogens with one attached hydrogen (secondary N) is 2. The minimum Gasteiger partial charge on any atom is -0.334 e. The molecule has 3 aromatic rings. The molecule has 126 valence electrons. The molecule has 0 atom stereocenters. The largest absolute Gasteiger partial charge is 0.353 e. The monoisotopic (exact) mass is 336 g/mol. The van der Waals surface area contributed by atoms with E-state index in [1.54, 1.807) is 24.5 Å². The number of pyridine rings is 1. The van der Waals surface area contributed by atoms with Gasteiger partial charge in [-0.1, -0.05) is 25.1 Å². The lowest BCUT2D eigenvalue weighted by molar-refractivity contribution is -0.383. The molecule has 0 saturated carbocycles. The molecule has 1 aromatic carbocycles. The molecule has 0 amide bonds. The van der Waals surface area contributed by atoms with E-state index < -0.39 is 4.92 Å². The van der Waals surface area contributed by atoms with E-state index in [-0.39, 0.29) is 17.3 Å². The minimum absolute atomic E-state index is 0.101. The normalized spacial score (nSPS) is 10.3. The molecule has 0 aliphatic rings. The second kappa shape index (κ2) is 7.35. The van der Waals surface area contributed by atoms with Crippen molar-refractivity contribution in [2.45, 2.75) is 13.3 Å². The smallest absolute Gasteiger partial charge is 0.334 e. The van der Waals surface area contributed by atoms with E-state index in [0.717, 1.165) is 17.7 Å². The van der Waals surface area contributed by atoms with Crippen LogP contribution in [-0.2, 0) is 6.42 Å². The molecule has 8 nitrogen and oxygen atoms in total. The zero-order chi connectivity index (χ0) is 17.6. The average Bonchev–Trinajstić information content (AvgIpc) is 2.63. The van der Waals surface area contributed by atoms with E-state index in [4.69, 9.17) is 0 Å². The Morgan fingerprint density at radius 1 is 1.08 bits per heavy atom. The summed E-state index contributed by atoms with van der Waals surface area (Å²) in [5.74, 6) is 0.233. The van der Waals surface area contributed by atoms with Crippen LogP contribution in [0, 0.1) is 10.1 Å². The molecule has 0 fully saturated rings. The molecule has 8 heteroatoms. The molecular weight excluding hydrogens is 320 g/mol. The fourth-order valence-corrected chi connectivity index (χ4v) is 2.39. The van der Waals surface area contributed by atoms with Gasteiger partial charge in [0.2, 0.25) is 11.6 Å². The molecule has 2 aromatic heterocycles. The highest BCUT2D eigenvalue weighted by Gasteiger charge is 2.23. The highest BCUT2D eigenvalue weighted by molar-refractivity contribution is 5.77. The van der Waals surface area contributed by atoms with Gasteiger partial charge in [-0.25, -0.2) is 9.97 Å². The second-order valence-corrected chi connectivity index (χ2v) is 5.18. The van der Waals surface area contributed by atoms with Gasteiger partial charge in [0.25, 0.3) is 0 Å². The number of aromatic nitrogens is 3. The molecule has 0 aliphatic carbocycles. The lowest BCUT2D eigenvalue weighted by Gasteiger charge is -2.12. The van der Waals surface area contributed by atoms with Crippen molar-refractivity contribution in [1.82, 2.24) is 15.0 Å². The maximum atomic E-state index is 11.6. The van der Waals surface area contributed by atoms with E-state index in [1.807, 2.05) is 31.2 Å². The third kappa shape index (κ3) is 3.69. The number of hydrogen-bond acceptors (Lipinski definition) is 7. The lowest BCUT2D eigenvalue weighted by Crippen LogP contribution is -2.06. The van der Waals surface area contributed by atoms with Crippen LogP contribution < -0.4 is 10.6 Å². The summed E-state index contributed by atoms with van der Waals surface area (Å²) in [6.07, 6.45) is 5.25. The average molecular weight is 336 g/mol. The molecule has 3 rings (SSSR count). The van der Waals surface area contributed by atoms with Gasteiger partial charge in [-0.15, -0.1) is 0 Å². The van der Waals surface area contributed by atoms with E-state index in [9.17, 15) is 10.1 Å². The third-order valence-corrected chi connectivity index (χ3v) is 3.58. The Bertz CT molecular complexity index is 885. The first-order valence-corrected chi connectivity index (χ1v) is 7.70. The number of rotatable bonds is 6. The van der Waals surface area contributed by atoms with Crippen LogP contribution in [0.3, 0.4) is 0 Å². The molecule has 0 unspecified atom stereocenters. The van der Waals surface area contributed by atoms with Crippen molar-refractivity contribution in [2.24, 2.45) is 0 Å². The van der Waals surface area contributed by atoms with Crippen LogP contribution in [-0.4, -0.2) is 19.9 Å². The summed E-state index contributed by atoms with van der Waals surface area (Å²) in [6, 6.07) is 11.1. The number of anilines is 4. The number of nitro groups is 1. The Hall–Kier alpha value is -3.55. The van der Waals surface area contributed by atoms with Gasteiger partial charge >= 0.3 is 5.69 Å². The van der Waals surface area contributed by atoms with E-state index in [2.05, 4.69) is 25.6 Å². The van der Waals surface area contributed by atoms with E-state index in [1.165, 1.54) is 6.33 Å². The van der Waals surface area contributed by atoms with Gasteiger partial charge in [0, 0.05) is 11.9 Å². The van der Waals surface area contributed by atoms with Crippen molar-refractivity contribution in [1.29, 1.82) is 0 Å². The van der Waals surface area contributed by atoms with Crippen LogP contribution in [0.2, 0.25) is 0 Å². The molecule has 2 N–H and O–H groups in total. The van der Waals surface area contributed by atoms with Crippen molar-refractivity contribution in [3.63, 3.8) is 0 Å². The Morgan fingerprint density at radius 2 is 1.84 bits per heavy atom. The second-order valence-electron chi connectivity index (χ2n) is 5.18. The number of nitrogens with zero attached hydrogens (tertiary/aromatic N) is 4. The molecule has 0 radical (unpaired) electrons. The Morgan fingerprint density at radius 3 is 2.52 bits per heavy atom. The Balaban J connectivity index is 1.99. The number of hydrogen-bond donors (Lipinski definition) is 2. The fraction of sp³-hybridized carbons (Fsp3) is 0.118. The Labute approximate surface area is 144 Å². The van der Waals surface area contributed by atoms with Crippen LogP contribution >= 0.6 is 0 Å². The van der Waals surface area contributed by atoms with Gasteiger partial charge < -0.3 is 10.6 Å². The van der Waals surface area contributed by atoms with Crippen LogP contribution in [0.4, 0.5) is 28.7 Å². The van der Waals surface area contributed by atoms with Crippen LogP contribution in [0.1, 0.15) is 12.5 Å². The van der Waals surface area contributed by atoms with Gasteiger partial charge in [-0.05, 0) is 30.2 Å². The topological polar surface area (TPSA) is 106 Å². The van der Waals surface area contributed by atoms with E-state index in [0.29, 0.717) is 5.69 Å². The zero-order valence-electron chi connectivity index (χ0n) is 13.5. The summed E-state index contributed by atoms with van der Waals surface area (Å²) >= 11 is 0.